The van der Waals surface area contributed by atoms with Crippen LogP contribution in [0.3, 0.4) is 0 Å². The van der Waals surface area contributed by atoms with Crippen LogP contribution in [0.2, 0.25) is 5.02 Å². The Hall–Kier alpha value is -0.424. The predicted octanol–water partition coefficient (Wildman–Crippen LogP) is 0.251. The Morgan fingerprint density at radius 1 is 1.35 bits per heavy atom. The molecule has 7 nitrogen and oxygen atoms in total. The summed E-state index contributed by atoms with van der Waals surface area (Å²) in [6.45, 7) is 0. The summed E-state index contributed by atoms with van der Waals surface area (Å²) < 4.78 is 34.1. The molecule has 1 rings (SSSR count). The van der Waals surface area contributed by atoms with Crippen molar-refractivity contribution in [1.29, 1.82) is 0 Å². The van der Waals surface area contributed by atoms with Gasteiger partial charge in [-0.15, -0.1) is 0 Å². The van der Waals surface area contributed by atoms with Gasteiger partial charge in [0.1, 0.15) is 0 Å². The standard InChI is InChI=1S/C7H5ClO3.Mg.H2O4S/c8-6-3-1-2-5(4-6)7(9)11-10;;1-5(2,3)4/h1-4,10H;;(H2,1,2,3,4)/q;+2;/p-2. The summed E-state index contributed by atoms with van der Waals surface area (Å²) in [4.78, 5) is 14.1. The third-order valence-corrected chi connectivity index (χ3v) is 1.38. The molecule has 0 spiro atoms. The Kier molecular flexibility index (Phi) is 9.62. The fourth-order valence-corrected chi connectivity index (χ4v) is 0.858. The van der Waals surface area contributed by atoms with E-state index in [-0.39, 0.29) is 28.6 Å². The molecule has 0 radical (unpaired) electrons. The zero-order chi connectivity index (χ0) is 12.8. The topological polar surface area (TPSA) is 127 Å². The molecule has 0 bridgehead atoms. The summed E-state index contributed by atoms with van der Waals surface area (Å²) in [5.74, 6) is -0.813. The molecule has 10 heteroatoms. The number of rotatable bonds is 1. The van der Waals surface area contributed by atoms with Crippen molar-refractivity contribution >= 4 is 51.0 Å². The van der Waals surface area contributed by atoms with E-state index in [4.69, 9.17) is 34.4 Å². The average Bonchev–Trinajstić information content (AvgIpc) is 2.14. The molecular weight excluding hydrogens is 288 g/mol. The second-order valence-electron chi connectivity index (χ2n) is 2.30. The van der Waals surface area contributed by atoms with Gasteiger partial charge in [-0.3, -0.25) is 13.3 Å². The van der Waals surface area contributed by atoms with Gasteiger partial charge >= 0.3 is 29.0 Å². The van der Waals surface area contributed by atoms with Crippen molar-refractivity contribution in [2.45, 2.75) is 0 Å². The first kappa shape index (κ1) is 18.9. The van der Waals surface area contributed by atoms with Gasteiger partial charge in [0.05, 0.1) is 5.56 Å². The molecule has 17 heavy (non-hydrogen) atoms. The average molecular weight is 293 g/mol. The molecule has 0 atom stereocenters. The van der Waals surface area contributed by atoms with E-state index in [9.17, 15) is 4.79 Å². The maximum Gasteiger partial charge on any atom is 2.00 e. The smallest absolute Gasteiger partial charge is 0.759 e. The number of hydrogen-bond donors (Lipinski definition) is 1. The third kappa shape index (κ3) is 11.8. The van der Waals surface area contributed by atoms with E-state index in [1.807, 2.05) is 0 Å². The van der Waals surface area contributed by atoms with Crippen LogP contribution in [0.4, 0.5) is 0 Å². The van der Waals surface area contributed by atoms with E-state index in [0.717, 1.165) is 0 Å². The molecule has 0 aliphatic rings. The fourth-order valence-electron chi connectivity index (χ4n) is 0.668. The van der Waals surface area contributed by atoms with E-state index in [0.29, 0.717) is 5.02 Å². The van der Waals surface area contributed by atoms with Crippen LogP contribution in [-0.4, -0.2) is 51.8 Å². The molecule has 0 aromatic heterocycles. The van der Waals surface area contributed by atoms with Gasteiger partial charge in [0.25, 0.3) is 0 Å². The van der Waals surface area contributed by atoms with Gasteiger partial charge in [-0.05, 0) is 18.2 Å². The quantitative estimate of drug-likeness (QED) is 0.258. The first-order valence-corrected chi connectivity index (χ1v) is 5.23. The second kappa shape index (κ2) is 8.64. The molecule has 0 saturated carbocycles. The van der Waals surface area contributed by atoms with Crippen LogP contribution < -0.4 is 0 Å². The summed E-state index contributed by atoms with van der Waals surface area (Å²) >= 11 is 5.56. The first-order chi connectivity index (χ1) is 7.24. The summed E-state index contributed by atoms with van der Waals surface area (Å²) in [6, 6.07) is 6.11. The minimum Gasteiger partial charge on any atom is -0.759 e. The monoisotopic (exact) mass is 292 g/mol. The largest absolute Gasteiger partial charge is 2.00 e. The van der Waals surface area contributed by atoms with Gasteiger partial charge in [-0.1, -0.05) is 17.7 Å². The van der Waals surface area contributed by atoms with Crippen LogP contribution in [0.1, 0.15) is 10.4 Å². The summed E-state index contributed by atoms with van der Waals surface area (Å²) in [6.07, 6.45) is 0. The number of hydrogen-bond acceptors (Lipinski definition) is 7. The van der Waals surface area contributed by atoms with E-state index in [1.165, 1.54) is 12.1 Å². The molecule has 1 aromatic carbocycles. The maximum atomic E-state index is 10.6. The van der Waals surface area contributed by atoms with Crippen molar-refractivity contribution in [1.82, 2.24) is 0 Å². The zero-order valence-corrected chi connectivity index (χ0v) is 11.2. The maximum absolute atomic E-state index is 10.6. The Morgan fingerprint density at radius 2 is 1.82 bits per heavy atom. The zero-order valence-electron chi connectivity index (χ0n) is 8.20. The molecule has 0 aliphatic heterocycles. The Morgan fingerprint density at radius 3 is 2.18 bits per heavy atom. The summed E-state index contributed by atoms with van der Waals surface area (Å²) in [7, 11) is -5.17. The molecule has 0 saturated heterocycles. The van der Waals surface area contributed by atoms with Gasteiger partial charge in [0.2, 0.25) is 0 Å². The molecule has 1 N–H and O–H groups in total. The Bertz CT molecular complexity index is 453. The van der Waals surface area contributed by atoms with Crippen LogP contribution in [0.5, 0.6) is 0 Å². The van der Waals surface area contributed by atoms with Crippen molar-refractivity contribution < 1.29 is 32.5 Å². The number of carbonyl (C=O) groups is 1. The van der Waals surface area contributed by atoms with Gasteiger partial charge in [-0.25, -0.2) is 4.79 Å². The van der Waals surface area contributed by atoms with Crippen molar-refractivity contribution in [3.05, 3.63) is 34.9 Å². The molecule has 0 heterocycles. The number of halogens is 1. The van der Waals surface area contributed by atoms with Crippen LogP contribution in [0.15, 0.2) is 24.3 Å². The van der Waals surface area contributed by atoms with Gasteiger partial charge in [0, 0.05) is 15.4 Å². The van der Waals surface area contributed by atoms with Crippen LogP contribution in [0.25, 0.3) is 0 Å². The summed E-state index contributed by atoms with van der Waals surface area (Å²) in [5, 5.41) is 8.41. The number of carbonyl (C=O) groups excluding carboxylic acids is 1. The van der Waals surface area contributed by atoms with Crippen LogP contribution in [-0.2, 0) is 15.3 Å². The molecule has 0 unspecified atom stereocenters. The number of benzene rings is 1. The van der Waals surface area contributed by atoms with Gasteiger partial charge in [-0.2, -0.15) is 5.26 Å². The van der Waals surface area contributed by atoms with Crippen molar-refractivity contribution in [3.63, 3.8) is 0 Å². The second-order valence-corrected chi connectivity index (χ2v) is 3.55. The first-order valence-electron chi connectivity index (χ1n) is 3.52. The molecular formula is C7H5ClMgO7S. The van der Waals surface area contributed by atoms with Crippen molar-refractivity contribution in [2.24, 2.45) is 0 Å². The summed E-state index contributed by atoms with van der Waals surface area (Å²) in [5.41, 5.74) is 0.222. The Labute approximate surface area is 118 Å². The molecule has 0 aliphatic carbocycles. The fraction of sp³-hybridized carbons (Fsp3) is 0. The molecule has 0 fully saturated rings. The Balaban J connectivity index is 0. The van der Waals surface area contributed by atoms with Crippen molar-refractivity contribution in [2.75, 3.05) is 0 Å². The van der Waals surface area contributed by atoms with Gasteiger partial charge in [0.15, 0.2) is 0 Å². The van der Waals surface area contributed by atoms with Crippen molar-refractivity contribution in [3.8, 4) is 0 Å². The van der Waals surface area contributed by atoms with Crippen LogP contribution >= 0.6 is 11.6 Å². The van der Waals surface area contributed by atoms with E-state index in [2.05, 4.69) is 4.89 Å². The van der Waals surface area contributed by atoms with Crippen LogP contribution in [0, 0.1) is 0 Å². The molecule has 1 aromatic rings. The minimum atomic E-state index is -5.17. The van der Waals surface area contributed by atoms with E-state index < -0.39 is 16.4 Å². The minimum absolute atomic E-state index is 0. The predicted molar refractivity (Wildman–Crippen MR) is 55.7 cm³/mol. The molecule has 0 amide bonds. The van der Waals surface area contributed by atoms with Gasteiger partial charge < -0.3 is 9.11 Å². The van der Waals surface area contributed by atoms with E-state index in [1.54, 1.807) is 12.1 Å². The normalized spacial score (nSPS) is 9.41. The van der Waals surface area contributed by atoms with E-state index >= 15 is 0 Å². The third-order valence-electron chi connectivity index (χ3n) is 1.14. The molecule has 90 valence electrons. The SMILES string of the molecule is O=C(OO)c1cccc(Cl)c1.O=S(=O)([O-])[O-].[Mg+2].